The molecule has 1 heterocycles. The lowest BCUT2D eigenvalue weighted by Gasteiger charge is -2.18. The fourth-order valence-electron chi connectivity index (χ4n) is 2.48. The van der Waals surface area contributed by atoms with Crippen molar-refractivity contribution in [2.45, 2.75) is 58.5 Å². The monoisotopic (exact) mass is 358 g/mol. The van der Waals surface area contributed by atoms with E-state index >= 15 is 0 Å². The van der Waals surface area contributed by atoms with Crippen LogP contribution in [0, 0.1) is 0 Å². The number of rotatable bonds is 11. The summed E-state index contributed by atoms with van der Waals surface area (Å²) in [4.78, 5) is 2.20. The van der Waals surface area contributed by atoms with Crippen molar-refractivity contribution in [1.82, 2.24) is 20.0 Å². The third-order valence-corrected chi connectivity index (χ3v) is 4.37. The number of nitrogens with one attached hydrogen (secondary N) is 1. The zero-order chi connectivity index (χ0) is 15.7. The molecule has 0 radical (unpaired) electrons. The van der Waals surface area contributed by atoms with Crippen LogP contribution >= 0.6 is 15.9 Å². The predicted octanol–water partition coefficient (Wildman–Crippen LogP) is 3.31. The summed E-state index contributed by atoms with van der Waals surface area (Å²) >= 11 is 3.65. The highest BCUT2D eigenvalue weighted by molar-refractivity contribution is 9.10. The SMILES string of the molecule is CCCNC(CCC)CCc1c(Br)cnn1CCN(C)C. The van der Waals surface area contributed by atoms with E-state index in [2.05, 4.69) is 63.9 Å². The van der Waals surface area contributed by atoms with Gasteiger partial charge in [-0.05, 0) is 62.3 Å². The van der Waals surface area contributed by atoms with Crippen LogP contribution in [0.15, 0.2) is 10.7 Å². The Bertz CT molecular complexity index is 390. The van der Waals surface area contributed by atoms with Gasteiger partial charge in [-0.25, -0.2) is 0 Å². The molecule has 1 atom stereocenters. The van der Waals surface area contributed by atoms with Gasteiger partial charge in [0.1, 0.15) is 0 Å². The van der Waals surface area contributed by atoms with Crippen molar-refractivity contribution in [3.05, 3.63) is 16.4 Å². The number of nitrogens with zero attached hydrogens (tertiary/aromatic N) is 3. The molecule has 1 unspecified atom stereocenters. The standard InChI is InChI=1S/C16H31BrN4/c1-5-7-14(18-10-6-2)8-9-16-15(17)13-19-21(16)12-11-20(3)4/h13-14,18H,5-12H2,1-4H3. The molecule has 0 spiro atoms. The summed E-state index contributed by atoms with van der Waals surface area (Å²) in [7, 11) is 4.20. The lowest BCUT2D eigenvalue weighted by atomic mass is 10.0. The molecule has 122 valence electrons. The van der Waals surface area contributed by atoms with Gasteiger partial charge in [-0.2, -0.15) is 5.10 Å². The van der Waals surface area contributed by atoms with Crippen LogP contribution in [-0.4, -0.2) is 47.9 Å². The highest BCUT2D eigenvalue weighted by atomic mass is 79.9. The summed E-state index contributed by atoms with van der Waals surface area (Å²) in [6.45, 7) is 7.58. The van der Waals surface area contributed by atoms with Gasteiger partial charge < -0.3 is 10.2 Å². The summed E-state index contributed by atoms with van der Waals surface area (Å²) in [6, 6.07) is 0.624. The minimum atomic E-state index is 0.624. The van der Waals surface area contributed by atoms with Crippen molar-refractivity contribution >= 4 is 15.9 Å². The number of aromatic nitrogens is 2. The smallest absolute Gasteiger partial charge is 0.0635 e. The molecule has 1 rings (SSSR count). The molecule has 0 amide bonds. The van der Waals surface area contributed by atoms with E-state index in [-0.39, 0.29) is 0 Å². The van der Waals surface area contributed by atoms with E-state index in [0.717, 1.165) is 30.5 Å². The molecule has 0 fully saturated rings. The Labute approximate surface area is 138 Å². The van der Waals surface area contributed by atoms with E-state index in [1.807, 2.05) is 6.20 Å². The first kappa shape index (κ1) is 18.7. The second-order valence-electron chi connectivity index (χ2n) is 5.94. The lowest BCUT2D eigenvalue weighted by Crippen LogP contribution is -2.30. The van der Waals surface area contributed by atoms with Crippen LogP contribution in [-0.2, 0) is 13.0 Å². The summed E-state index contributed by atoms with van der Waals surface area (Å²) in [5.74, 6) is 0. The van der Waals surface area contributed by atoms with Gasteiger partial charge in [-0.15, -0.1) is 0 Å². The molecule has 0 aliphatic heterocycles. The average Bonchev–Trinajstić information content (AvgIpc) is 2.80. The van der Waals surface area contributed by atoms with E-state index in [9.17, 15) is 0 Å². The Morgan fingerprint density at radius 2 is 2.05 bits per heavy atom. The maximum Gasteiger partial charge on any atom is 0.0635 e. The fraction of sp³-hybridized carbons (Fsp3) is 0.812. The molecule has 1 N–H and O–H groups in total. The summed E-state index contributed by atoms with van der Waals surface area (Å²) in [5.41, 5.74) is 1.33. The number of hydrogen-bond donors (Lipinski definition) is 1. The summed E-state index contributed by atoms with van der Waals surface area (Å²) in [6.07, 6.45) is 7.88. The van der Waals surface area contributed by atoms with Gasteiger partial charge in [0.05, 0.1) is 22.9 Å². The highest BCUT2D eigenvalue weighted by Crippen LogP contribution is 2.19. The molecule has 0 aliphatic carbocycles. The van der Waals surface area contributed by atoms with Crippen LogP contribution in [0.1, 0.15) is 45.2 Å². The van der Waals surface area contributed by atoms with Crippen molar-refractivity contribution in [3.8, 4) is 0 Å². The van der Waals surface area contributed by atoms with E-state index < -0.39 is 0 Å². The first-order chi connectivity index (χ1) is 10.1. The van der Waals surface area contributed by atoms with Crippen LogP contribution in [0.25, 0.3) is 0 Å². The summed E-state index contributed by atoms with van der Waals surface area (Å²) in [5, 5.41) is 8.17. The molecule has 1 aromatic rings. The number of hydrogen-bond acceptors (Lipinski definition) is 3. The molecule has 0 saturated carbocycles. The van der Waals surface area contributed by atoms with Gasteiger partial charge in [-0.3, -0.25) is 4.68 Å². The van der Waals surface area contributed by atoms with E-state index in [1.165, 1.54) is 31.4 Å². The van der Waals surface area contributed by atoms with Gasteiger partial charge in [0, 0.05) is 12.6 Å². The minimum Gasteiger partial charge on any atom is -0.314 e. The third-order valence-electron chi connectivity index (χ3n) is 3.71. The predicted molar refractivity (Wildman–Crippen MR) is 93.8 cm³/mol. The molecule has 4 nitrogen and oxygen atoms in total. The molecule has 0 bridgehead atoms. The minimum absolute atomic E-state index is 0.624. The second kappa shape index (κ2) is 10.4. The van der Waals surface area contributed by atoms with Gasteiger partial charge >= 0.3 is 0 Å². The maximum absolute atomic E-state index is 4.50. The fourth-order valence-corrected chi connectivity index (χ4v) is 2.97. The van der Waals surface area contributed by atoms with Crippen molar-refractivity contribution in [1.29, 1.82) is 0 Å². The zero-order valence-electron chi connectivity index (χ0n) is 14.0. The first-order valence-electron chi connectivity index (χ1n) is 8.16. The van der Waals surface area contributed by atoms with Crippen LogP contribution in [0.2, 0.25) is 0 Å². The largest absolute Gasteiger partial charge is 0.314 e. The topological polar surface area (TPSA) is 33.1 Å². The lowest BCUT2D eigenvalue weighted by molar-refractivity contribution is 0.366. The van der Waals surface area contributed by atoms with Crippen LogP contribution in [0.4, 0.5) is 0 Å². The normalized spacial score (nSPS) is 13.0. The Morgan fingerprint density at radius 3 is 2.67 bits per heavy atom. The molecule has 5 heteroatoms. The quantitative estimate of drug-likeness (QED) is 0.658. The Hall–Kier alpha value is -0.390. The Morgan fingerprint density at radius 1 is 1.29 bits per heavy atom. The zero-order valence-corrected chi connectivity index (χ0v) is 15.6. The maximum atomic E-state index is 4.50. The van der Waals surface area contributed by atoms with Crippen molar-refractivity contribution < 1.29 is 0 Å². The average molecular weight is 359 g/mol. The number of likely N-dealkylation sites (N-methyl/N-ethyl adjacent to an activating group) is 1. The number of halogens is 1. The summed E-state index contributed by atoms with van der Waals surface area (Å²) < 4.78 is 3.29. The molecule has 0 saturated heterocycles. The molecule has 1 aromatic heterocycles. The van der Waals surface area contributed by atoms with E-state index in [4.69, 9.17) is 0 Å². The van der Waals surface area contributed by atoms with Crippen LogP contribution in [0.5, 0.6) is 0 Å². The van der Waals surface area contributed by atoms with E-state index in [0.29, 0.717) is 6.04 Å². The van der Waals surface area contributed by atoms with Crippen molar-refractivity contribution in [3.63, 3.8) is 0 Å². The molecule has 0 aliphatic rings. The van der Waals surface area contributed by atoms with Crippen LogP contribution < -0.4 is 5.32 Å². The molecular formula is C16H31BrN4. The third kappa shape index (κ3) is 6.94. The van der Waals surface area contributed by atoms with Gasteiger partial charge in [0.15, 0.2) is 0 Å². The Kier molecular flexibility index (Phi) is 9.20. The van der Waals surface area contributed by atoms with Crippen LogP contribution in [0.3, 0.4) is 0 Å². The second-order valence-corrected chi connectivity index (χ2v) is 6.80. The van der Waals surface area contributed by atoms with Crippen molar-refractivity contribution in [2.24, 2.45) is 0 Å². The molecular weight excluding hydrogens is 328 g/mol. The first-order valence-corrected chi connectivity index (χ1v) is 8.96. The van der Waals surface area contributed by atoms with Gasteiger partial charge in [0.25, 0.3) is 0 Å². The van der Waals surface area contributed by atoms with Crippen molar-refractivity contribution in [2.75, 3.05) is 27.2 Å². The highest BCUT2D eigenvalue weighted by Gasteiger charge is 2.12. The van der Waals surface area contributed by atoms with Gasteiger partial charge in [-0.1, -0.05) is 20.3 Å². The van der Waals surface area contributed by atoms with E-state index in [1.54, 1.807) is 0 Å². The molecule has 0 aromatic carbocycles. The Balaban J connectivity index is 2.57. The molecule has 21 heavy (non-hydrogen) atoms. The van der Waals surface area contributed by atoms with Gasteiger partial charge in [0.2, 0.25) is 0 Å².